The van der Waals surface area contributed by atoms with Crippen LogP contribution in [0, 0.1) is 0 Å². The number of carbonyl (C=O) groups is 1. The normalized spacial score (nSPS) is 14.0. The van der Waals surface area contributed by atoms with E-state index in [0.717, 1.165) is 5.56 Å². The minimum absolute atomic E-state index is 0.297. The molecule has 0 fully saturated rings. The van der Waals surface area contributed by atoms with Gasteiger partial charge in [0.15, 0.2) is 11.5 Å². The molecule has 26 heavy (non-hydrogen) atoms. The van der Waals surface area contributed by atoms with Crippen molar-refractivity contribution in [1.29, 1.82) is 0 Å². The number of allylic oxidation sites excluding steroid dienone is 3. The first-order valence-electron chi connectivity index (χ1n) is 8.36. The molecule has 1 aliphatic rings. The summed E-state index contributed by atoms with van der Waals surface area (Å²) in [6.07, 6.45) is 7.63. The Morgan fingerprint density at radius 1 is 1.04 bits per heavy atom. The molecule has 1 aliphatic heterocycles. The largest absolute Gasteiger partial charge is 0.486 e. The number of nitrogens with zero attached hydrogens (tertiary/aromatic N) is 1. The summed E-state index contributed by atoms with van der Waals surface area (Å²) in [6.45, 7) is 2.82. The van der Waals surface area contributed by atoms with Crippen molar-refractivity contribution in [2.45, 2.75) is 6.92 Å². The summed E-state index contributed by atoms with van der Waals surface area (Å²) in [5, 5.41) is 4.08. The lowest BCUT2D eigenvalue weighted by atomic mass is 10.2. The number of amides is 1. The van der Waals surface area contributed by atoms with E-state index in [1.807, 2.05) is 61.6 Å². The van der Waals surface area contributed by atoms with Gasteiger partial charge in [0.1, 0.15) is 13.2 Å². The Balaban J connectivity index is 1.55. The predicted molar refractivity (Wildman–Crippen MR) is 103 cm³/mol. The standard InChI is InChI=1S/C21H20N2O3/c1-16(7-5-6-10-17-8-3-2-4-9-17)22-23-21(24)18-11-12-19-20(15-18)26-14-13-25-19/h2-12,15H,13-14H2,1H3,(H,23,24)/b7-5+,10-6+,22-16?. The van der Waals surface area contributed by atoms with Gasteiger partial charge in [-0.25, -0.2) is 5.43 Å². The summed E-state index contributed by atoms with van der Waals surface area (Å²) in [5.41, 5.74) is 4.82. The van der Waals surface area contributed by atoms with Crippen LogP contribution in [0.15, 0.2) is 71.9 Å². The molecule has 1 amide bonds. The zero-order chi connectivity index (χ0) is 18.2. The molecule has 0 atom stereocenters. The zero-order valence-electron chi connectivity index (χ0n) is 14.5. The highest BCUT2D eigenvalue weighted by Crippen LogP contribution is 2.30. The third-order valence-electron chi connectivity index (χ3n) is 3.67. The van der Waals surface area contributed by atoms with Crippen LogP contribution in [0.4, 0.5) is 0 Å². The monoisotopic (exact) mass is 348 g/mol. The molecule has 1 heterocycles. The van der Waals surface area contributed by atoms with Gasteiger partial charge >= 0.3 is 0 Å². The van der Waals surface area contributed by atoms with Crippen molar-refractivity contribution < 1.29 is 14.3 Å². The Labute approximate surface area is 152 Å². The van der Waals surface area contributed by atoms with Gasteiger partial charge in [-0.3, -0.25) is 4.79 Å². The number of nitrogens with one attached hydrogen (secondary N) is 1. The summed E-state index contributed by atoms with van der Waals surface area (Å²) in [4.78, 5) is 12.2. The van der Waals surface area contributed by atoms with Crippen LogP contribution in [0.25, 0.3) is 6.08 Å². The molecule has 0 saturated carbocycles. The Kier molecular flexibility index (Phi) is 5.83. The quantitative estimate of drug-likeness (QED) is 0.507. The molecule has 2 aromatic carbocycles. The number of rotatable bonds is 5. The molecule has 1 N–H and O–H groups in total. The van der Waals surface area contributed by atoms with E-state index < -0.39 is 0 Å². The van der Waals surface area contributed by atoms with Gasteiger partial charge in [0.05, 0.1) is 5.71 Å². The topological polar surface area (TPSA) is 59.9 Å². The Morgan fingerprint density at radius 3 is 2.62 bits per heavy atom. The molecule has 0 aromatic heterocycles. The fourth-order valence-electron chi connectivity index (χ4n) is 2.35. The molecule has 5 nitrogen and oxygen atoms in total. The van der Waals surface area contributed by atoms with E-state index in [4.69, 9.17) is 9.47 Å². The molecular weight excluding hydrogens is 328 g/mol. The van der Waals surface area contributed by atoms with Crippen LogP contribution in [-0.4, -0.2) is 24.8 Å². The van der Waals surface area contributed by atoms with Crippen molar-refractivity contribution in [3.8, 4) is 11.5 Å². The van der Waals surface area contributed by atoms with Gasteiger partial charge in [-0.1, -0.05) is 48.6 Å². The second-order valence-electron chi connectivity index (χ2n) is 5.68. The maximum absolute atomic E-state index is 12.2. The highest BCUT2D eigenvalue weighted by molar-refractivity contribution is 5.98. The van der Waals surface area contributed by atoms with Crippen molar-refractivity contribution in [1.82, 2.24) is 5.43 Å². The van der Waals surface area contributed by atoms with Crippen LogP contribution < -0.4 is 14.9 Å². The number of hydrogen-bond acceptors (Lipinski definition) is 4. The summed E-state index contributed by atoms with van der Waals surface area (Å²) >= 11 is 0. The lowest BCUT2D eigenvalue weighted by Gasteiger charge is -2.18. The van der Waals surface area contributed by atoms with E-state index in [1.54, 1.807) is 18.2 Å². The van der Waals surface area contributed by atoms with Crippen molar-refractivity contribution in [3.05, 3.63) is 77.9 Å². The van der Waals surface area contributed by atoms with Gasteiger partial charge in [-0.05, 0) is 36.8 Å². The van der Waals surface area contributed by atoms with Crippen molar-refractivity contribution in [2.75, 3.05) is 13.2 Å². The SMILES string of the molecule is CC(/C=C/C=C/c1ccccc1)=NNC(=O)c1ccc2c(c1)OCCO2. The van der Waals surface area contributed by atoms with E-state index >= 15 is 0 Å². The second-order valence-corrected chi connectivity index (χ2v) is 5.68. The van der Waals surface area contributed by atoms with E-state index in [-0.39, 0.29) is 5.91 Å². The average molecular weight is 348 g/mol. The Bertz CT molecular complexity index is 855. The fourth-order valence-corrected chi connectivity index (χ4v) is 2.35. The van der Waals surface area contributed by atoms with Crippen LogP contribution in [0.3, 0.4) is 0 Å². The number of hydrogen-bond donors (Lipinski definition) is 1. The van der Waals surface area contributed by atoms with Crippen LogP contribution in [-0.2, 0) is 0 Å². The van der Waals surface area contributed by atoms with E-state index in [1.165, 1.54) is 0 Å². The number of ether oxygens (including phenoxy) is 2. The van der Waals surface area contributed by atoms with Gasteiger partial charge in [0.2, 0.25) is 0 Å². The summed E-state index contributed by atoms with van der Waals surface area (Å²) in [7, 11) is 0. The molecule has 0 bridgehead atoms. The number of carbonyl (C=O) groups excluding carboxylic acids is 1. The fraction of sp³-hybridized carbons (Fsp3) is 0.143. The van der Waals surface area contributed by atoms with Gasteiger partial charge < -0.3 is 9.47 Å². The van der Waals surface area contributed by atoms with Crippen molar-refractivity contribution >= 4 is 17.7 Å². The minimum Gasteiger partial charge on any atom is -0.486 e. The van der Waals surface area contributed by atoms with Crippen LogP contribution >= 0.6 is 0 Å². The van der Waals surface area contributed by atoms with Crippen LogP contribution in [0.5, 0.6) is 11.5 Å². The van der Waals surface area contributed by atoms with Gasteiger partial charge in [-0.2, -0.15) is 5.10 Å². The first-order valence-corrected chi connectivity index (χ1v) is 8.36. The van der Waals surface area contributed by atoms with Crippen molar-refractivity contribution in [2.24, 2.45) is 5.10 Å². The summed E-state index contributed by atoms with van der Waals surface area (Å²) in [5.74, 6) is 0.936. The smallest absolute Gasteiger partial charge is 0.271 e. The Morgan fingerprint density at radius 2 is 1.81 bits per heavy atom. The lowest BCUT2D eigenvalue weighted by molar-refractivity contribution is 0.0953. The summed E-state index contributed by atoms with van der Waals surface area (Å²) in [6, 6.07) is 15.1. The van der Waals surface area contributed by atoms with E-state index in [2.05, 4.69) is 10.5 Å². The van der Waals surface area contributed by atoms with Gasteiger partial charge in [-0.15, -0.1) is 0 Å². The molecular formula is C21H20N2O3. The lowest BCUT2D eigenvalue weighted by Crippen LogP contribution is -2.20. The van der Waals surface area contributed by atoms with Crippen LogP contribution in [0.1, 0.15) is 22.8 Å². The molecule has 132 valence electrons. The molecule has 0 aliphatic carbocycles. The first kappa shape index (κ1) is 17.5. The van der Waals surface area contributed by atoms with E-state index in [9.17, 15) is 4.79 Å². The third kappa shape index (κ3) is 4.83. The maximum atomic E-state index is 12.2. The average Bonchev–Trinajstić information content (AvgIpc) is 2.70. The predicted octanol–water partition coefficient (Wildman–Crippen LogP) is 3.83. The molecule has 0 spiro atoms. The van der Waals surface area contributed by atoms with Crippen LogP contribution in [0.2, 0.25) is 0 Å². The minimum atomic E-state index is -0.297. The molecule has 2 aromatic rings. The zero-order valence-corrected chi connectivity index (χ0v) is 14.5. The number of fused-ring (bicyclic) bond motifs is 1. The van der Waals surface area contributed by atoms with Gasteiger partial charge in [0.25, 0.3) is 5.91 Å². The highest BCUT2D eigenvalue weighted by Gasteiger charge is 2.14. The molecule has 5 heteroatoms. The highest BCUT2D eigenvalue weighted by atomic mass is 16.6. The van der Waals surface area contributed by atoms with Crippen molar-refractivity contribution in [3.63, 3.8) is 0 Å². The van der Waals surface area contributed by atoms with E-state index in [0.29, 0.717) is 36.0 Å². The number of hydrazone groups is 1. The molecule has 0 saturated heterocycles. The molecule has 3 rings (SSSR count). The Hall–Kier alpha value is -3.34. The third-order valence-corrected chi connectivity index (χ3v) is 3.67. The second kappa shape index (κ2) is 8.67. The molecule has 0 unspecified atom stereocenters. The maximum Gasteiger partial charge on any atom is 0.271 e. The first-order chi connectivity index (χ1) is 12.7. The molecule has 0 radical (unpaired) electrons. The van der Waals surface area contributed by atoms with Gasteiger partial charge in [0, 0.05) is 5.56 Å². The summed E-state index contributed by atoms with van der Waals surface area (Å²) < 4.78 is 10.9. The number of benzene rings is 2.